The third kappa shape index (κ3) is 3.89. The largest absolute Gasteiger partial charge is 0.497 e. The van der Waals surface area contributed by atoms with E-state index < -0.39 is 0 Å². The molecule has 5 heteroatoms. The van der Waals surface area contributed by atoms with Crippen molar-refractivity contribution < 1.29 is 9.53 Å². The molecule has 1 aliphatic carbocycles. The summed E-state index contributed by atoms with van der Waals surface area (Å²) in [4.78, 5) is 12.5. The van der Waals surface area contributed by atoms with Crippen LogP contribution in [0.4, 0.5) is 0 Å². The lowest BCUT2D eigenvalue weighted by atomic mass is 9.85. The molecule has 2 rings (SSSR count). The van der Waals surface area contributed by atoms with Gasteiger partial charge in [-0.1, -0.05) is 25.0 Å². The molecule has 0 heterocycles. The van der Waals surface area contributed by atoms with Crippen molar-refractivity contribution in [2.24, 2.45) is 11.1 Å². The Morgan fingerprint density at radius 1 is 1.33 bits per heavy atom. The van der Waals surface area contributed by atoms with E-state index in [0.717, 1.165) is 37.0 Å². The highest BCUT2D eigenvalue weighted by molar-refractivity contribution is 5.85. The number of nitrogens with two attached hydrogens (primary N) is 1. The molecule has 1 unspecified atom stereocenters. The molecule has 1 fully saturated rings. The Morgan fingerprint density at radius 3 is 2.38 bits per heavy atom. The number of carbonyl (C=O) groups excluding carboxylic acids is 1. The lowest BCUT2D eigenvalue weighted by molar-refractivity contribution is -0.131. The summed E-state index contributed by atoms with van der Waals surface area (Å²) in [6.45, 7) is 2.44. The van der Waals surface area contributed by atoms with E-state index in [0.29, 0.717) is 6.54 Å². The van der Waals surface area contributed by atoms with Gasteiger partial charge in [0.2, 0.25) is 5.91 Å². The summed E-state index contributed by atoms with van der Waals surface area (Å²) < 4.78 is 5.14. The van der Waals surface area contributed by atoms with E-state index in [-0.39, 0.29) is 29.8 Å². The monoisotopic (exact) mass is 312 g/mol. The minimum Gasteiger partial charge on any atom is -0.497 e. The van der Waals surface area contributed by atoms with Crippen LogP contribution in [0.3, 0.4) is 0 Å². The Bertz CT molecular complexity index is 456. The molecule has 0 spiro atoms. The first-order chi connectivity index (χ1) is 9.61. The van der Waals surface area contributed by atoms with Crippen LogP contribution in [-0.2, 0) is 4.79 Å². The molecule has 0 radical (unpaired) electrons. The highest BCUT2D eigenvalue weighted by Crippen LogP contribution is 2.37. The van der Waals surface area contributed by atoms with Gasteiger partial charge in [-0.25, -0.2) is 0 Å². The maximum absolute atomic E-state index is 12.5. The summed E-state index contributed by atoms with van der Waals surface area (Å²) in [5.74, 6) is 0.919. The summed E-state index contributed by atoms with van der Waals surface area (Å²) in [7, 11) is 1.64. The van der Waals surface area contributed by atoms with Gasteiger partial charge in [0.25, 0.3) is 0 Å². The van der Waals surface area contributed by atoms with Crippen LogP contribution in [0, 0.1) is 5.41 Å². The third-order valence-corrected chi connectivity index (χ3v) is 4.40. The zero-order chi connectivity index (χ0) is 14.6. The van der Waals surface area contributed by atoms with Crippen LogP contribution in [0.5, 0.6) is 5.75 Å². The second kappa shape index (κ2) is 7.66. The number of rotatable bonds is 5. The molecule has 4 nitrogen and oxygen atoms in total. The van der Waals surface area contributed by atoms with Crippen molar-refractivity contribution in [1.29, 1.82) is 0 Å². The second-order valence-electron chi connectivity index (χ2n) is 5.66. The van der Waals surface area contributed by atoms with Crippen LogP contribution in [0.1, 0.15) is 44.2 Å². The molecule has 1 aromatic carbocycles. The van der Waals surface area contributed by atoms with Gasteiger partial charge in [0.1, 0.15) is 5.75 Å². The molecule has 3 N–H and O–H groups in total. The maximum Gasteiger partial charge on any atom is 0.227 e. The van der Waals surface area contributed by atoms with Gasteiger partial charge in [0, 0.05) is 6.54 Å². The fourth-order valence-corrected chi connectivity index (χ4v) is 2.90. The van der Waals surface area contributed by atoms with Gasteiger partial charge in [-0.3, -0.25) is 4.79 Å². The number of carbonyl (C=O) groups is 1. The van der Waals surface area contributed by atoms with Gasteiger partial charge < -0.3 is 15.8 Å². The molecule has 118 valence electrons. The highest BCUT2D eigenvalue weighted by Gasteiger charge is 2.40. The Kier molecular flexibility index (Phi) is 6.49. The van der Waals surface area contributed by atoms with Gasteiger partial charge >= 0.3 is 0 Å². The normalized spacial score (nSPS) is 17.7. The number of nitrogens with one attached hydrogen (secondary N) is 1. The van der Waals surface area contributed by atoms with Crippen molar-refractivity contribution in [2.45, 2.75) is 38.6 Å². The number of benzene rings is 1. The summed E-state index contributed by atoms with van der Waals surface area (Å²) >= 11 is 0. The molecular weight excluding hydrogens is 288 g/mol. The lowest BCUT2D eigenvalue weighted by Crippen LogP contribution is -2.44. The Balaban J connectivity index is 0.00000220. The van der Waals surface area contributed by atoms with Crippen molar-refractivity contribution >= 4 is 18.3 Å². The predicted molar refractivity (Wildman–Crippen MR) is 86.8 cm³/mol. The predicted octanol–water partition coefficient (Wildman–Crippen LogP) is 2.81. The van der Waals surface area contributed by atoms with Crippen LogP contribution >= 0.6 is 12.4 Å². The average molecular weight is 313 g/mol. The summed E-state index contributed by atoms with van der Waals surface area (Å²) in [5, 5.41) is 3.11. The van der Waals surface area contributed by atoms with Crippen molar-refractivity contribution in [3.8, 4) is 5.75 Å². The molecule has 1 atom stereocenters. The van der Waals surface area contributed by atoms with E-state index in [4.69, 9.17) is 10.5 Å². The van der Waals surface area contributed by atoms with Crippen molar-refractivity contribution in [3.05, 3.63) is 29.8 Å². The Hall–Kier alpha value is -1.26. The quantitative estimate of drug-likeness (QED) is 0.878. The number of hydrogen-bond donors (Lipinski definition) is 2. The van der Waals surface area contributed by atoms with Crippen LogP contribution in [0.25, 0.3) is 0 Å². The molecule has 0 bridgehead atoms. The first-order valence-electron chi connectivity index (χ1n) is 7.26. The van der Waals surface area contributed by atoms with Crippen molar-refractivity contribution in [1.82, 2.24) is 5.32 Å². The highest BCUT2D eigenvalue weighted by atomic mass is 35.5. The lowest BCUT2D eigenvalue weighted by Gasteiger charge is -2.28. The molecular formula is C16H25ClN2O2. The fraction of sp³-hybridized carbons (Fsp3) is 0.562. The van der Waals surface area contributed by atoms with Gasteiger partial charge in [-0.05, 0) is 37.5 Å². The molecule has 1 aliphatic rings. The van der Waals surface area contributed by atoms with Crippen LogP contribution < -0.4 is 15.8 Å². The Morgan fingerprint density at radius 2 is 1.90 bits per heavy atom. The van der Waals surface area contributed by atoms with Gasteiger partial charge in [0.05, 0.1) is 18.6 Å². The van der Waals surface area contributed by atoms with Gasteiger partial charge in [-0.2, -0.15) is 0 Å². The van der Waals surface area contributed by atoms with E-state index in [1.807, 2.05) is 31.2 Å². The minimum absolute atomic E-state index is 0. The molecule has 1 amide bonds. The smallest absolute Gasteiger partial charge is 0.227 e. The summed E-state index contributed by atoms with van der Waals surface area (Å²) in [6, 6.07) is 7.76. The number of hydrogen-bond acceptors (Lipinski definition) is 3. The van der Waals surface area contributed by atoms with Crippen LogP contribution in [0.2, 0.25) is 0 Å². The summed E-state index contributed by atoms with van der Waals surface area (Å²) in [6.07, 6.45) is 4.01. The third-order valence-electron chi connectivity index (χ3n) is 4.40. The molecule has 21 heavy (non-hydrogen) atoms. The molecule has 1 aromatic rings. The van der Waals surface area contributed by atoms with E-state index in [1.54, 1.807) is 7.11 Å². The molecule has 0 aliphatic heterocycles. The molecule has 0 saturated heterocycles. The van der Waals surface area contributed by atoms with Crippen molar-refractivity contribution in [2.75, 3.05) is 13.7 Å². The van der Waals surface area contributed by atoms with Crippen LogP contribution in [0.15, 0.2) is 24.3 Å². The fourth-order valence-electron chi connectivity index (χ4n) is 2.90. The van der Waals surface area contributed by atoms with E-state index >= 15 is 0 Å². The van der Waals surface area contributed by atoms with Crippen LogP contribution in [-0.4, -0.2) is 19.6 Å². The van der Waals surface area contributed by atoms with Gasteiger partial charge in [0.15, 0.2) is 0 Å². The first-order valence-corrected chi connectivity index (χ1v) is 7.26. The molecule has 0 aromatic heterocycles. The average Bonchev–Trinajstić information content (AvgIpc) is 2.97. The number of amides is 1. The van der Waals surface area contributed by atoms with E-state index in [2.05, 4.69) is 5.32 Å². The summed E-state index contributed by atoms with van der Waals surface area (Å²) in [5.41, 5.74) is 6.57. The maximum atomic E-state index is 12.5. The van der Waals surface area contributed by atoms with E-state index in [9.17, 15) is 4.79 Å². The number of methoxy groups -OCH3 is 1. The Labute approximate surface area is 132 Å². The number of ether oxygens (including phenoxy) is 1. The van der Waals surface area contributed by atoms with Gasteiger partial charge in [-0.15, -0.1) is 12.4 Å². The topological polar surface area (TPSA) is 64.3 Å². The minimum atomic E-state index is -0.346. The zero-order valence-corrected chi connectivity index (χ0v) is 13.5. The standard InChI is InChI=1S/C16H24N2O2.ClH/c1-12(13-5-7-14(20-2)8-6-13)18-15(19)16(11-17)9-3-4-10-16;/h5-8,12H,3-4,9-11,17H2,1-2H3,(H,18,19);1H. The first kappa shape index (κ1) is 17.8. The second-order valence-corrected chi connectivity index (χ2v) is 5.66. The SMILES string of the molecule is COc1ccc(C(C)NC(=O)C2(CN)CCCC2)cc1.Cl. The zero-order valence-electron chi connectivity index (χ0n) is 12.7. The van der Waals surface area contributed by atoms with Crippen molar-refractivity contribution in [3.63, 3.8) is 0 Å². The molecule has 1 saturated carbocycles. The van der Waals surface area contributed by atoms with E-state index in [1.165, 1.54) is 0 Å². The number of halogens is 1.